The molecule has 0 unspecified atom stereocenters. The van der Waals surface area contributed by atoms with E-state index in [-0.39, 0.29) is 5.91 Å². The summed E-state index contributed by atoms with van der Waals surface area (Å²) in [5.74, 6) is 0.0184. The van der Waals surface area contributed by atoms with Gasteiger partial charge in [-0.25, -0.2) is 5.01 Å². The molecule has 1 aromatic heterocycles. The molecule has 19 heavy (non-hydrogen) atoms. The lowest BCUT2D eigenvalue weighted by molar-refractivity contribution is -0.125. The zero-order valence-electron chi connectivity index (χ0n) is 10.7. The molecule has 2 aliphatic heterocycles. The van der Waals surface area contributed by atoms with Crippen LogP contribution in [0.5, 0.6) is 0 Å². The lowest BCUT2D eigenvalue weighted by Gasteiger charge is -2.53. The van der Waals surface area contributed by atoms with Crippen molar-refractivity contribution in [3.8, 4) is 0 Å². The minimum Gasteiger partial charge on any atom is -0.345 e. The van der Waals surface area contributed by atoms with Gasteiger partial charge in [-0.15, -0.1) is 10.2 Å². The maximum Gasteiger partial charge on any atom is 0.231 e. The highest BCUT2D eigenvalue weighted by atomic mass is 79.9. The van der Waals surface area contributed by atoms with Crippen LogP contribution in [-0.4, -0.2) is 47.3 Å². The Balaban J connectivity index is 1.52. The Hall–Kier alpha value is -0.730. The molecule has 0 aliphatic carbocycles. The first-order valence-corrected chi connectivity index (χ1v) is 7.93. The Labute approximate surface area is 124 Å². The van der Waals surface area contributed by atoms with Crippen molar-refractivity contribution in [1.82, 2.24) is 20.6 Å². The van der Waals surface area contributed by atoms with Crippen molar-refractivity contribution in [2.24, 2.45) is 5.41 Å². The minimum absolute atomic E-state index is 0.0184. The highest BCUT2D eigenvalue weighted by molar-refractivity contribution is 9.11. The molecule has 0 radical (unpaired) electrons. The number of amides is 1. The van der Waals surface area contributed by atoms with Crippen molar-refractivity contribution in [2.75, 3.05) is 31.1 Å². The third kappa shape index (κ3) is 2.75. The van der Waals surface area contributed by atoms with Gasteiger partial charge in [0.2, 0.25) is 11.0 Å². The van der Waals surface area contributed by atoms with Gasteiger partial charge < -0.3 is 4.90 Å². The Bertz CT molecular complexity index is 477. The molecule has 6 nitrogen and oxygen atoms in total. The van der Waals surface area contributed by atoms with E-state index in [9.17, 15) is 4.79 Å². The molecule has 3 rings (SSSR count). The molecule has 2 fully saturated rings. The summed E-state index contributed by atoms with van der Waals surface area (Å²) in [5, 5.41) is 11.2. The molecule has 1 spiro atoms. The quantitative estimate of drug-likeness (QED) is 0.874. The fourth-order valence-corrected chi connectivity index (χ4v) is 3.94. The van der Waals surface area contributed by atoms with E-state index in [4.69, 9.17) is 0 Å². The molecule has 8 heteroatoms. The lowest BCUT2D eigenvalue weighted by Crippen LogP contribution is -2.62. The minimum atomic E-state index is 0.0184. The average Bonchev–Trinajstić information content (AvgIpc) is 2.73. The smallest absolute Gasteiger partial charge is 0.231 e. The van der Waals surface area contributed by atoms with Crippen molar-refractivity contribution in [3.05, 3.63) is 3.92 Å². The van der Waals surface area contributed by atoms with E-state index in [1.807, 2.05) is 5.01 Å². The predicted molar refractivity (Wildman–Crippen MR) is 76.9 cm³/mol. The van der Waals surface area contributed by atoms with Gasteiger partial charge in [0.15, 0.2) is 3.92 Å². The zero-order valence-corrected chi connectivity index (χ0v) is 13.1. The third-order valence-corrected chi connectivity index (χ3v) is 5.27. The second-order valence-electron chi connectivity index (χ2n) is 5.35. The first-order chi connectivity index (χ1) is 9.06. The van der Waals surface area contributed by atoms with Crippen LogP contribution in [0.3, 0.4) is 0 Å². The van der Waals surface area contributed by atoms with Crippen LogP contribution in [0.2, 0.25) is 0 Å². The summed E-state index contributed by atoms with van der Waals surface area (Å²) >= 11 is 4.92. The number of carbonyl (C=O) groups excluding carboxylic acids is 1. The molecule has 0 bridgehead atoms. The van der Waals surface area contributed by atoms with E-state index >= 15 is 0 Å². The number of halogens is 1. The Morgan fingerprint density at radius 1 is 1.37 bits per heavy atom. The van der Waals surface area contributed by atoms with Crippen molar-refractivity contribution in [2.45, 2.75) is 19.8 Å². The van der Waals surface area contributed by atoms with Gasteiger partial charge in [0.05, 0.1) is 0 Å². The number of anilines is 1. The molecular formula is C11H16BrN5OS. The Morgan fingerprint density at radius 2 is 2.05 bits per heavy atom. The molecule has 0 aromatic carbocycles. The van der Waals surface area contributed by atoms with E-state index in [2.05, 4.69) is 36.5 Å². The van der Waals surface area contributed by atoms with Crippen molar-refractivity contribution in [1.29, 1.82) is 0 Å². The summed E-state index contributed by atoms with van der Waals surface area (Å²) in [4.78, 5) is 13.3. The van der Waals surface area contributed by atoms with Crippen LogP contribution >= 0.6 is 27.3 Å². The third-order valence-electron chi connectivity index (χ3n) is 3.85. The van der Waals surface area contributed by atoms with E-state index in [0.717, 1.165) is 48.1 Å². The Kier molecular flexibility index (Phi) is 3.48. The molecule has 104 valence electrons. The fraction of sp³-hybridized carbons (Fsp3) is 0.727. The molecule has 1 amide bonds. The molecule has 0 saturated carbocycles. The number of hydrazine groups is 1. The monoisotopic (exact) mass is 345 g/mol. The molecule has 2 saturated heterocycles. The summed E-state index contributed by atoms with van der Waals surface area (Å²) in [6.45, 7) is 5.55. The zero-order chi connectivity index (χ0) is 13.5. The fourth-order valence-electron chi connectivity index (χ4n) is 2.86. The maximum absolute atomic E-state index is 11.0. The van der Waals surface area contributed by atoms with E-state index < -0.39 is 0 Å². The molecule has 1 N–H and O–H groups in total. The molecular weight excluding hydrogens is 330 g/mol. The molecule has 3 heterocycles. The number of rotatable bonds is 2. The van der Waals surface area contributed by atoms with E-state index in [1.54, 1.807) is 18.3 Å². The van der Waals surface area contributed by atoms with Gasteiger partial charge in [-0.2, -0.15) is 0 Å². The SMILES string of the molecule is CC(=O)NN1CCC2(CC1)CN(c1nnc(Br)s1)C2. The number of nitrogens with one attached hydrogen (secondary N) is 1. The summed E-state index contributed by atoms with van der Waals surface area (Å²) < 4.78 is 0.837. The second kappa shape index (κ2) is 4.99. The highest BCUT2D eigenvalue weighted by Crippen LogP contribution is 2.43. The van der Waals surface area contributed by atoms with Gasteiger partial charge in [-0.1, -0.05) is 11.3 Å². The number of aromatic nitrogens is 2. The maximum atomic E-state index is 11.0. The number of hydrogen-bond donors (Lipinski definition) is 1. The summed E-state index contributed by atoms with van der Waals surface area (Å²) in [5.41, 5.74) is 3.28. The van der Waals surface area contributed by atoms with Gasteiger partial charge >= 0.3 is 0 Å². The van der Waals surface area contributed by atoms with Crippen molar-refractivity contribution >= 4 is 38.3 Å². The standard InChI is InChI=1S/C11H16BrN5OS/c1-8(18)15-17-4-2-11(3-5-17)6-16(7-11)10-14-13-9(12)19-10/h2-7H2,1H3,(H,15,18). The average molecular weight is 346 g/mol. The first kappa shape index (κ1) is 13.3. The van der Waals surface area contributed by atoms with Gasteiger partial charge in [-0.05, 0) is 28.8 Å². The van der Waals surface area contributed by atoms with Gasteiger partial charge in [0.25, 0.3) is 0 Å². The van der Waals surface area contributed by atoms with Crippen LogP contribution in [0.4, 0.5) is 5.13 Å². The summed E-state index contributed by atoms with van der Waals surface area (Å²) in [6, 6.07) is 0. The van der Waals surface area contributed by atoms with Crippen LogP contribution in [-0.2, 0) is 4.79 Å². The van der Waals surface area contributed by atoms with E-state index in [1.165, 1.54) is 0 Å². The number of hydrogen-bond acceptors (Lipinski definition) is 6. The number of carbonyl (C=O) groups is 1. The predicted octanol–water partition coefficient (Wildman–Crippen LogP) is 1.25. The summed E-state index contributed by atoms with van der Waals surface area (Å²) in [6.07, 6.45) is 2.26. The molecule has 2 aliphatic rings. The largest absolute Gasteiger partial charge is 0.345 e. The molecule has 1 aromatic rings. The normalized spacial score (nSPS) is 22.3. The van der Waals surface area contributed by atoms with E-state index in [0.29, 0.717) is 5.41 Å². The number of nitrogens with zero attached hydrogens (tertiary/aromatic N) is 4. The number of piperidine rings is 1. The van der Waals surface area contributed by atoms with Gasteiger partial charge in [0.1, 0.15) is 0 Å². The van der Waals surface area contributed by atoms with Crippen LogP contribution in [0, 0.1) is 5.41 Å². The van der Waals surface area contributed by atoms with Gasteiger partial charge in [0, 0.05) is 38.5 Å². The van der Waals surface area contributed by atoms with Crippen LogP contribution < -0.4 is 10.3 Å². The van der Waals surface area contributed by atoms with Crippen LogP contribution in [0.1, 0.15) is 19.8 Å². The van der Waals surface area contributed by atoms with Crippen molar-refractivity contribution in [3.63, 3.8) is 0 Å². The van der Waals surface area contributed by atoms with Crippen LogP contribution in [0.25, 0.3) is 0 Å². The van der Waals surface area contributed by atoms with Crippen molar-refractivity contribution < 1.29 is 4.79 Å². The first-order valence-electron chi connectivity index (χ1n) is 6.32. The second-order valence-corrected chi connectivity index (χ2v) is 7.58. The topological polar surface area (TPSA) is 61.4 Å². The molecule has 0 atom stereocenters. The lowest BCUT2D eigenvalue weighted by atomic mass is 9.72. The highest BCUT2D eigenvalue weighted by Gasteiger charge is 2.46. The van der Waals surface area contributed by atoms with Gasteiger partial charge in [-0.3, -0.25) is 10.2 Å². The Morgan fingerprint density at radius 3 is 2.58 bits per heavy atom. The summed E-state index contributed by atoms with van der Waals surface area (Å²) in [7, 11) is 0. The van der Waals surface area contributed by atoms with Crippen LogP contribution in [0.15, 0.2) is 3.92 Å².